The molecule has 0 saturated heterocycles. The Balaban J connectivity index is 1.91. The third-order valence-corrected chi connectivity index (χ3v) is 5.80. The molecule has 32 heavy (non-hydrogen) atoms. The van der Waals surface area contributed by atoms with Crippen LogP contribution in [0.25, 0.3) is 33.4 Å². The lowest BCUT2D eigenvalue weighted by Crippen LogP contribution is -2.03. The lowest BCUT2D eigenvalue weighted by atomic mass is 9.91. The van der Waals surface area contributed by atoms with E-state index >= 15 is 0 Å². The lowest BCUT2D eigenvalue weighted by molar-refractivity contribution is 1.08. The van der Waals surface area contributed by atoms with Crippen molar-refractivity contribution in [3.05, 3.63) is 106 Å². The topological polar surface area (TPSA) is 64.7 Å². The van der Waals surface area contributed by atoms with E-state index in [2.05, 4.69) is 9.97 Å². The minimum Gasteiger partial charge on any atom is -0.398 e. The number of anilines is 1. The van der Waals surface area contributed by atoms with Crippen LogP contribution in [0.15, 0.2) is 85.2 Å². The van der Waals surface area contributed by atoms with Gasteiger partial charge in [0.05, 0.1) is 16.9 Å². The van der Waals surface area contributed by atoms with Crippen LogP contribution in [0.1, 0.15) is 11.3 Å². The van der Waals surface area contributed by atoms with Gasteiger partial charge in [0, 0.05) is 56.8 Å². The van der Waals surface area contributed by atoms with E-state index < -0.39 is 0 Å². The molecule has 0 radical (unpaired) electrons. The van der Waals surface area contributed by atoms with Crippen molar-refractivity contribution in [1.82, 2.24) is 15.0 Å². The fourth-order valence-electron chi connectivity index (χ4n) is 3.88. The van der Waals surface area contributed by atoms with Gasteiger partial charge in [-0.2, -0.15) is 0 Å². The second-order valence-corrected chi connectivity index (χ2v) is 8.29. The van der Waals surface area contributed by atoms with E-state index in [1.165, 1.54) is 0 Å². The predicted molar refractivity (Wildman–Crippen MR) is 132 cm³/mol. The molecule has 5 rings (SSSR count). The van der Waals surface area contributed by atoms with Crippen LogP contribution in [0.5, 0.6) is 0 Å². The normalized spacial score (nSPS) is 11.1. The molecule has 5 aromatic rings. The van der Waals surface area contributed by atoms with Crippen molar-refractivity contribution in [2.75, 3.05) is 5.73 Å². The number of aromatic nitrogens is 3. The van der Waals surface area contributed by atoms with Crippen LogP contribution in [-0.2, 0) is 6.42 Å². The third kappa shape index (κ3) is 3.91. The van der Waals surface area contributed by atoms with Gasteiger partial charge in [-0.15, -0.1) is 0 Å². The molecule has 4 nitrogen and oxygen atoms in total. The third-order valence-electron chi connectivity index (χ3n) is 5.33. The zero-order valence-electron chi connectivity index (χ0n) is 17.0. The quantitative estimate of drug-likeness (QED) is 0.300. The van der Waals surface area contributed by atoms with Gasteiger partial charge >= 0.3 is 0 Å². The van der Waals surface area contributed by atoms with Crippen molar-refractivity contribution < 1.29 is 0 Å². The van der Waals surface area contributed by atoms with Gasteiger partial charge in [-0.3, -0.25) is 9.97 Å². The maximum Gasteiger partial charge on any atom is 0.0827 e. The highest BCUT2D eigenvalue weighted by Gasteiger charge is 2.21. The number of hydrogen-bond acceptors (Lipinski definition) is 4. The number of benzene rings is 2. The number of pyridine rings is 3. The molecule has 0 saturated carbocycles. The molecule has 3 aromatic heterocycles. The molecule has 2 aromatic carbocycles. The molecule has 2 N–H and O–H groups in total. The van der Waals surface area contributed by atoms with Crippen molar-refractivity contribution in [2.24, 2.45) is 0 Å². The van der Waals surface area contributed by atoms with E-state index in [-0.39, 0.29) is 0 Å². The summed E-state index contributed by atoms with van der Waals surface area (Å²) >= 11 is 12.7. The minimum atomic E-state index is 0.583. The smallest absolute Gasteiger partial charge is 0.0827 e. The van der Waals surface area contributed by atoms with Gasteiger partial charge in [0.15, 0.2) is 0 Å². The second kappa shape index (κ2) is 8.58. The summed E-state index contributed by atoms with van der Waals surface area (Å²) in [6, 6.07) is 22.8. The van der Waals surface area contributed by atoms with Crippen LogP contribution in [0.2, 0.25) is 10.0 Å². The van der Waals surface area contributed by atoms with E-state index in [0.29, 0.717) is 22.2 Å². The van der Waals surface area contributed by atoms with Crippen LogP contribution < -0.4 is 5.73 Å². The molecule has 0 aliphatic heterocycles. The Morgan fingerprint density at radius 2 is 1.53 bits per heavy atom. The summed E-state index contributed by atoms with van der Waals surface area (Å²) in [6.45, 7) is 0. The highest BCUT2D eigenvalue weighted by atomic mass is 35.5. The Kier molecular flexibility index (Phi) is 5.48. The Morgan fingerprint density at radius 3 is 2.28 bits per heavy atom. The molecule has 0 amide bonds. The first kappa shape index (κ1) is 20.4. The largest absolute Gasteiger partial charge is 0.398 e. The van der Waals surface area contributed by atoms with Crippen molar-refractivity contribution in [2.45, 2.75) is 6.42 Å². The average Bonchev–Trinajstić information content (AvgIpc) is 2.82. The Morgan fingerprint density at radius 1 is 0.781 bits per heavy atom. The summed E-state index contributed by atoms with van der Waals surface area (Å²) in [4.78, 5) is 14.2. The fraction of sp³-hybridized carbons (Fsp3) is 0.0385. The lowest BCUT2D eigenvalue weighted by Gasteiger charge is -2.18. The minimum absolute atomic E-state index is 0.583. The van der Waals surface area contributed by atoms with Crippen LogP contribution in [0.4, 0.5) is 5.69 Å². The molecule has 0 atom stereocenters. The van der Waals surface area contributed by atoms with E-state index in [9.17, 15) is 0 Å². The molecule has 0 spiro atoms. The summed E-state index contributed by atoms with van der Waals surface area (Å²) in [5.41, 5.74) is 12.9. The highest BCUT2D eigenvalue weighted by Crippen LogP contribution is 2.40. The number of hydrogen-bond donors (Lipinski definition) is 1. The maximum atomic E-state index is 6.40. The Hall–Kier alpha value is -3.47. The van der Waals surface area contributed by atoms with Crippen LogP contribution >= 0.6 is 23.2 Å². The maximum absolute atomic E-state index is 6.40. The first-order valence-corrected chi connectivity index (χ1v) is 10.8. The van der Waals surface area contributed by atoms with Crippen molar-refractivity contribution >= 4 is 39.8 Å². The van der Waals surface area contributed by atoms with E-state index in [4.69, 9.17) is 33.9 Å². The van der Waals surface area contributed by atoms with Gasteiger partial charge in [-0.25, -0.2) is 4.98 Å². The monoisotopic (exact) mass is 456 g/mol. The number of nitrogens with zero attached hydrogens (tertiary/aromatic N) is 3. The van der Waals surface area contributed by atoms with Crippen molar-refractivity contribution in [1.29, 1.82) is 0 Å². The molecule has 156 valence electrons. The van der Waals surface area contributed by atoms with Crippen LogP contribution in [0.3, 0.4) is 0 Å². The number of rotatable bonds is 4. The first-order chi connectivity index (χ1) is 15.6. The zero-order chi connectivity index (χ0) is 22.1. The molecule has 0 bridgehead atoms. The van der Waals surface area contributed by atoms with E-state index in [1.54, 1.807) is 24.5 Å². The summed E-state index contributed by atoms with van der Waals surface area (Å²) in [6.07, 6.45) is 4.15. The average molecular weight is 457 g/mol. The molecular weight excluding hydrogens is 439 g/mol. The number of halogens is 2. The highest BCUT2D eigenvalue weighted by molar-refractivity contribution is 6.31. The molecule has 3 heterocycles. The molecule has 0 unspecified atom stereocenters. The number of nitrogen functional groups attached to an aromatic ring is 1. The molecule has 6 heteroatoms. The molecule has 0 aliphatic carbocycles. The van der Waals surface area contributed by atoms with Gasteiger partial charge in [0.25, 0.3) is 0 Å². The van der Waals surface area contributed by atoms with Crippen LogP contribution in [0, 0.1) is 0 Å². The van der Waals surface area contributed by atoms with Crippen molar-refractivity contribution in [3.8, 4) is 22.5 Å². The van der Waals surface area contributed by atoms with Crippen molar-refractivity contribution in [3.63, 3.8) is 0 Å². The Labute approximate surface area is 195 Å². The standard InChI is InChI=1S/C26H18Cl2N4/c27-16-7-9-22(29)21(14-16)26-25(24-6-2-4-12-31-24)20(15-18-5-1-3-11-30-18)19-13-17(28)8-10-23(19)32-26/h1-14H,15,29H2. The molecular formula is C26H18Cl2N4. The second-order valence-electron chi connectivity index (χ2n) is 7.42. The summed E-state index contributed by atoms with van der Waals surface area (Å²) in [5.74, 6) is 0. The SMILES string of the molecule is Nc1ccc(Cl)cc1-c1nc2ccc(Cl)cc2c(Cc2ccccn2)c1-c1ccccn1. The predicted octanol–water partition coefficient (Wildman–Crippen LogP) is 6.84. The first-order valence-electron chi connectivity index (χ1n) is 10.1. The summed E-state index contributed by atoms with van der Waals surface area (Å²) < 4.78 is 0. The number of fused-ring (bicyclic) bond motifs is 1. The van der Waals surface area contributed by atoms with Crippen LogP contribution in [-0.4, -0.2) is 15.0 Å². The summed E-state index contributed by atoms with van der Waals surface area (Å²) in [7, 11) is 0. The fourth-order valence-corrected chi connectivity index (χ4v) is 4.23. The summed E-state index contributed by atoms with van der Waals surface area (Å²) in [5, 5.41) is 2.18. The Bertz CT molecular complexity index is 1420. The van der Waals surface area contributed by atoms with Gasteiger partial charge in [-0.05, 0) is 66.2 Å². The number of nitrogens with two attached hydrogens (primary N) is 1. The van der Waals surface area contributed by atoms with Gasteiger partial charge in [0.1, 0.15) is 0 Å². The molecule has 0 fully saturated rings. The zero-order valence-corrected chi connectivity index (χ0v) is 18.5. The van der Waals surface area contributed by atoms with E-state index in [0.717, 1.165) is 44.7 Å². The van der Waals surface area contributed by atoms with Gasteiger partial charge in [0.2, 0.25) is 0 Å². The van der Waals surface area contributed by atoms with Gasteiger partial charge in [-0.1, -0.05) is 35.3 Å². The van der Waals surface area contributed by atoms with E-state index in [1.807, 2.05) is 60.7 Å². The molecule has 0 aliphatic rings. The van der Waals surface area contributed by atoms with Gasteiger partial charge < -0.3 is 5.73 Å².